The van der Waals surface area contributed by atoms with E-state index in [1.54, 1.807) is 6.07 Å². The summed E-state index contributed by atoms with van der Waals surface area (Å²) in [5.74, 6) is 0.152. The highest BCUT2D eigenvalue weighted by molar-refractivity contribution is 7.09. The molecule has 0 saturated heterocycles. The Morgan fingerprint density at radius 2 is 1.88 bits per heavy atom. The van der Waals surface area contributed by atoms with Crippen LogP contribution in [-0.4, -0.2) is 9.36 Å². The van der Waals surface area contributed by atoms with Crippen molar-refractivity contribution in [3.05, 3.63) is 70.4 Å². The van der Waals surface area contributed by atoms with Crippen molar-refractivity contribution in [2.24, 2.45) is 0 Å². The molecule has 0 atom stereocenters. The Morgan fingerprint density at radius 1 is 1.16 bits per heavy atom. The van der Waals surface area contributed by atoms with Gasteiger partial charge in [0.15, 0.2) is 5.82 Å². The first-order valence-electron chi connectivity index (χ1n) is 7.57. The third-order valence-corrected chi connectivity index (χ3v) is 4.29. The number of benzene rings is 2. The highest BCUT2D eigenvalue weighted by atomic mass is 35.5. The quantitative estimate of drug-likeness (QED) is 0.587. The number of hydrogen-bond acceptors (Lipinski definition) is 5. The molecule has 1 heterocycles. The van der Waals surface area contributed by atoms with Crippen molar-refractivity contribution in [1.29, 1.82) is 0 Å². The van der Waals surface area contributed by atoms with Crippen LogP contribution in [0.5, 0.6) is 0 Å². The van der Waals surface area contributed by atoms with E-state index in [-0.39, 0.29) is 5.02 Å². The second kappa shape index (κ2) is 7.63. The Balaban J connectivity index is 1.67. The lowest BCUT2D eigenvalue weighted by Crippen LogP contribution is -1.96. The highest BCUT2D eigenvalue weighted by Gasteiger charge is 2.04. The van der Waals surface area contributed by atoms with Crippen molar-refractivity contribution in [2.75, 3.05) is 10.6 Å². The van der Waals surface area contributed by atoms with Crippen LogP contribution in [0.25, 0.3) is 6.08 Å². The average molecular weight is 375 g/mol. The molecule has 128 valence electrons. The molecule has 2 aromatic carbocycles. The largest absolute Gasteiger partial charge is 0.359 e. The number of hydrogen-bond donors (Lipinski definition) is 2. The average Bonchev–Trinajstić information content (AvgIpc) is 3.00. The molecule has 4 nitrogen and oxygen atoms in total. The topological polar surface area (TPSA) is 49.8 Å². The summed E-state index contributed by atoms with van der Waals surface area (Å²) in [6.45, 7) is 3.92. The van der Waals surface area contributed by atoms with E-state index in [1.807, 2.05) is 44.2 Å². The van der Waals surface area contributed by atoms with Gasteiger partial charge in [-0.2, -0.15) is 9.36 Å². The first-order chi connectivity index (χ1) is 12.0. The fourth-order valence-electron chi connectivity index (χ4n) is 2.14. The Labute approximate surface area is 154 Å². The molecule has 3 aromatic rings. The summed E-state index contributed by atoms with van der Waals surface area (Å²) in [6, 6.07) is 12.5. The lowest BCUT2D eigenvalue weighted by atomic mass is 10.2. The Kier molecular flexibility index (Phi) is 5.31. The van der Waals surface area contributed by atoms with Crippen molar-refractivity contribution in [1.82, 2.24) is 9.36 Å². The van der Waals surface area contributed by atoms with E-state index in [4.69, 9.17) is 11.6 Å². The fraction of sp³-hybridized carbons (Fsp3) is 0.111. The van der Waals surface area contributed by atoms with E-state index in [2.05, 4.69) is 20.0 Å². The van der Waals surface area contributed by atoms with Gasteiger partial charge in [-0.05, 0) is 44.2 Å². The molecular formula is C18H16ClFN4S. The second-order valence-electron chi connectivity index (χ2n) is 5.53. The third kappa shape index (κ3) is 4.78. The van der Waals surface area contributed by atoms with Crippen molar-refractivity contribution in [3.63, 3.8) is 0 Å². The summed E-state index contributed by atoms with van der Waals surface area (Å²) in [7, 11) is 0. The maximum absolute atomic E-state index is 13.2. The number of aromatic nitrogens is 2. The molecule has 0 spiro atoms. The molecule has 0 fully saturated rings. The molecule has 25 heavy (non-hydrogen) atoms. The number of allylic oxidation sites excluding steroid dienone is 1. The van der Waals surface area contributed by atoms with Crippen LogP contribution in [0.1, 0.15) is 18.3 Å². The molecular weight excluding hydrogens is 359 g/mol. The molecule has 0 aliphatic heterocycles. The molecule has 0 bridgehead atoms. The molecule has 0 saturated carbocycles. The number of nitrogens with one attached hydrogen (secondary N) is 2. The number of aryl methyl sites for hydroxylation is 1. The van der Waals surface area contributed by atoms with E-state index < -0.39 is 5.82 Å². The maximum Gasteiger partial charge on any atom is 0.207 e. The molecule has 1 aromatic heterocycles. The minimum atomic E-state index is -0.443. The highest BCUT2D eigenvalue weighted by Crippen LogP contribution is 2.22. The predicted molar refractivity (Wildman–Crippen MR) is 103 cm³/mol. The standard InChI is InChI=1S/C18H16ClFN4S/c1-11-3-5-13(6-4-11)22-18-23-17(24-25-18)9-12(2)21-14-7-8-16(20)15(19)10-14/h3-10,21H,1-2H3,(H,22,23,24)/b12-9+. The van der Waals surface area contributed by atoms with E-state index in [0.717, 1.165) is 11.4 Å². The van der Waals surface area contributed by atoms with E-state index in [0.29, 0.717) is 16.6 Å². The summed E-state index contributed by atoms with van der Waals surface area (Å²) in [5, 5.41) is 7.16. The molecule has 0 aliphatic carbocycles. The fourth-order valence-corrected chi connectivity index (χ4v) is 2.89. The van der Waals surface area contributed by atoms with Crippen LogP contribution < -0.4 is 10.6 Å². The zero-order valence-corrected chi connectivity index (χ0v) is 15.2. The van der Waals surface area contributed by atoms with Gasteiger partial charge in [0, 0.05) is 34.7 Å². The third-order valence-electron chi connectivity index (χ3n) is 3.35. The first-order valence-corrected chi connectivity index (χ1v) is 8.72. The van der Waals surface area contributed by atoms with Crippen molar-refractivity contribution < 1.29 is 4.39 Å². The summed E-state index contributed by atoms with van der Waals surface area (Å²) in [6.07, 6.45) is 1.81. The molecule has 3 rings (SSSR count). The van der Waals surface area contributed by atoms with Gasteiger partial charge in [-0.3, -0.25) is 0 Å². The van der Waals surface area contributed by atoms with Gasteiger partial charge >= 0.3 is 0 Å². The van der Waals surface area contributed by atoms with Gasteiger partial charge in [0.2, 0.25) is 5.13 Å². The van der Waals surface area contributed by atoms with Crippen molar-refractivity contribution >= 4 is 45.7 Å². The smallest absolute Gasteiger partial charge is 0.207 e. The zero-order chi connectivity index (χ0) is 17.8. The minimum absolute atomic E-state index is 0.0779. The molecule has 0 aliphatic rings. The molecule has 0 amide bonds. The predicted octanol–water partition coefficient (Wildman–Crippen LogP) is 5.86. The van der Waals surface area contributed by atoms with Crippen LogP contribution >= 0.6 is 23.1 Å². The zero-order valence-electron chi connectivity index (χ0n) is 13.7. The minimum Gasteiger partial charge on any atom is -0.359 e. The monoisotopic (exact) mass is 374 g/mol. The van der Waals surface area contributed by atoms with Gasteiger partial charge in [0.25, 0.3) is 0 Å². The van der Waals surface area contributed by atoms with Crippen LogP contribution in [0.15, 0.2) is 48.2 Å². The van der Waals surface area contributed by atoms with Gasteiger partial charge in [-0.1, -0.05) is 29.3 Å². The maximum atomic E-state index is 13.2. The molecule has 0 radical (unpaired) electrons. The normalized spacial score (nSPS) is 11.4. The summed E-state index contributed by atoms with van der Waals surface area (Å²) >= 11 is 7.07. The number of rotatable bonds is 5. The summed E-state index contributed by atoms with van der Waals surface area (Å²) in [4.78, 5) is 4.44. The van der Waals surface area contributed by atoms with Crippen molar-refractivity contribution in [2.45, 2.75) is 13.8 Å². The Hall–Kier alpha value is -2.44. The Bertz CT molecular complexity index is 906. The van der Waals surface area contributed by atoms with Gasteiger partial charge in [-0.15, -0.1) is 0 Å². The lowest BCUT2D eigenvalue weighted by molar-refractivity contribution is 0.628. The number of nitrogens with zero attached hydrogens (tertiary/aromatic N) is 2. The van der Waals surface area contributed by atoms with Crippen LogP contribution in [0.3, 0.4) is 0 Å². The van der Waals surface area contributed by atoms with Crippen LogP contribution in [0.2, 0.25) is 5.02 Å². The van der Waals surface area contributed by atoms with Gasteiger partial charge < -0.3 is 10.6 Å². The number of halogens is 2. The molecule has 0 unspecified atom stereocenters. The Morgan fingerprint density at radius 3 is 2.60 bits per heavy atom. The van der Waals surface area contributed by atoms with Crippen LogP contribution in [0, 0.1) is 12.7 Å². The van der Waals surface area contributed by atoms with Crippen LogP contribution in [0.4, 0.5) is 20.9 Å². The number of anilines is 3. The van der Waals surface area contributed by atoms with E-state index >= 15 is 0 Å². The first kappa shape index (κ1) is 17.4. The van der Waals surface area contributed by atoms with E-state index in [1.165, 1.54) is 29.2 Å². The SMILES string of the molecule is C/C(=C\c1nsc(Nc2ccc(C)cc2)n1)Nc1ccc(F)c(Cl)c1. The summed E-state index contributed by atoms with van der Waals surface area (Å²) in [5.41, 5.74) is 3.69. The second-order valence-corrected chi connectivity index (χ2v) is 6.69. The van der Waals surface area contributed by atoms with Gasteiger partial charge in [-0.25, -0.2) is 4.39 Å². The molecule has 7 heteroatoms. The molecule has 2 N–H and O–H groups in total. The van der Waals surface area contributed by atoms with Gasteiger partial charge in [0.05, 0.1) is 5.02 Å². The van der Waals surface area contributed by atoms with Crippen LogP contribution in [-0.2, 0) is 0 Å². The lowest BCUT2D eigenvalue weighted by Gasteiger charge is -2.06. The van der Waals surface area contributed by atoms with E-state index in [9.17, 15) is 4.39 Å². The summed E-state index contributed by atoms with van der Waals surface area (Å²) < 4.78 is 17.5. The van der Waals surface area contributed by atoms with Crippen molar-refractivity contribution in [3.8, 4) is 0 Å². The van der Waals surface area contributed by atoms with Gasteiger partial charge in [0.1, 0.15) is 5.82 Å².